The standard InChI is InChI=1S/C22H19ClN2O4/c1-15(21(26)25-20-11-10-18(23)13-24-20)29-22(27)17-8-5-9-19(12-17)28-14-16-6-3-2-4-7-16/h2-13,15H,14H2,1H3,(H,24,25,26)/t15-/m0/s1. The van der Waals surface area contributed by atoms with E-state index in [2.05, 4.69) is 10.3 Å². The molecule has 6 nitrogen and oxygen atoms in total. The molecule has 148 valence electrons. The molecule has 3 rings (SSSR count). The molecule has 7 heteroatoms. The second-order valence-corrected chi connectivity index (χ2v) is 6.64. The van der Waals surface area contributed by atoms with Gasteiger partial charge in [0.2, 0.25) is 0 Å². The first-order chi connectivity index (χ1) is 14.0. The van der Waals surface area contributed by atoms with Gasteiger partial charge in [-0.05, 0) is 42.8 Å². The number of halogens is 1. The van der Waals surface area contributed by atoms with Gasteiger partial charge in [-0.3, -0.25) is 4.79 Å². The summed E-state index contributed by atoms with van der Waals surface area (Å²) in [5, 5.41) is 3.02. The maximum Gasteiger partial charge on any atom is 0.339 e. The fraction of sp³-hybridized carbons (Fsp3) is 0.136. The SMILES string of the molecule is C[C@H](OC(=O)c1cccc(OCc2ccccc2)c1)C(=O)Nc1ccc(Cl)cn1. The van der Waals surface area contributed by atoms with Gasteiger partial charge in [-0.2, -0.15) is 0 Å². The van der Waals surface area contributed by atoms with E-state index < -0.39 is 18.0 Å². The number of rotatable bonds is 7. The number of esters is 1. The smallest absolute Gasteiger partial charge is 0.339 e. The van der Waals surface area contributed by atoms with Gasteiger partial charge in [0.15, 0.2) is 6.10 Å². The summed E-state index contributed by atoms with van der Waals surface area (Å²) in [6.07, 6.45) is 0.406. The predicted octanol–water partition coefficient (Wildman–Crippen LogP) is 4.50. The fourth-order valence-electron chi connectivity index (χ4n) is 2.41. The monoisotopic (exact) mass is 410 g/mol. The van der Waals surface area contributed by atoms with Crippen molar-refractivity contribution in [3.05, 3.63) is 89.1 Å². The highest BCUT2D eigenvalue weighted by molar-refractivity contribution is 6.30. The van der Waals surface area contributed by atoms with Crippen LogP contribution in [0.15, 0.2) is 72.9 Å². The molecule has 0 bridgehead atoms. The molecule has 29 heavy (non-hydrogen) atoms. The van der Waals surface area contributed by atoms with Crippen LogP contribution in [-0.2, 0) is 16.1 Å². The topological polar surface area (TPSA) is 77.5 Å². The summed E-state index contributed by atoms with van der Waals surface area (Å²) in [4.78, 5) is 28.6. The van der Waals surface area contributed by atoms with Crippen LogP contribution in [0.3, 0.4) is 0 Å². The Hall–Kier alpha value is -3.38. The Morgan fingerprint density at radius 2 is 1.86 bits per heavy atom. The molecule has 0 fully saturated rings. The van der Waals surface area contributed by atoms with E-state index in [-0.39, 0.29) is 0 Å². The number of benzene rings is 2. The molecule has 0 spiro atoms. The number of hydrogen-bond donors (Lipinski definition) is 1. The van der Waals surface area contributed by atoms with Crippen LogP contribution in [0.5, 0.6) is 5.75 Å². The van der Waals surface area contributed by atoms with Gasteiger partial charge in [0.25, 0.3) is 5.91 Å². The van der Waals surface area contributed by atoms with Crippen molar-refractivity contribution in [2.24, 2.45) is 0 Å². The minimum Gasteiger partial charge on any atom is -0.489 e. The fourth-order valence-corrected chi connectivity index (χ4v) is 2.53. The predicted molar refractivity (Wildman–Crippen MR) is 110 cm³/mol. The van der Waals surface area contributed by atoms with E-state index in [0.717, 1.165) is 5.56 Å². The molecule has 0 saturated carbocycles. The average molecular weight is 411 g/mol. The molecule has 1 heterocycles. The van der Waals surface area contributed by atoms with E-state index in [9.17, 15) is 9.59 Å². The minimum absolute atomic E-state index is 0.292. The lowest BCUT2D eigenvalue weighted by Gasteiger charge is -2.14. The molecular formula is C22H19ClN2O4. The van der Waals surface area contributed by atoms with Gasteiger partial charge < -0.3 is 14.8 Å². The van der Waals surface area contributed by atoms with Crippen LogP contribution in [0.1, 0.15) is 22.8 Å². The molecule has 1 N–H and O–H groups in total. The number of carbonyl (C=O) groups excluding carboxylic acids is 2. The number of pyridine rings is 1. The molecule has 1 amide bonds. The number of nitrogens with one attached hydrogen (secondary N) is 1. The quantitative estimate of drug-likeness (QED) is 0.580. The maximum absolute atomic E-state index is 12.4. The van der Waals surface area contributed by atoms with Crippen molar-refractivity contribution in [2.45, 2.75) is 19.6 Å². The zero-order chi connectivity index (χ0) is 20.6. The molecule has 0 saturated heterocycles. The summed E-state index contributed by atoms with van der Waals surface area (Å²) >= 11 is 5.76. The van der Waals surface area contributed by atoms with Gasteiger partial charge in [-0.25, -0.2) is 9.78 Å². The van der Waals surface area contributed by atoms with Crippen molar-refractivity contribution in [1.29, 1.82) is 0 Å². The van der Waals surface area contributed by atoms with Crippen molar-refractivity contribution in [1.82, 2.24) is 4.98 Å². The summed E-state index contributed by atoms with van der Waals surface area (Å²) in [6, 6.07) is 19.5. The summed E-state index contributed by atoms with van der Waals surface area (Å²) < 4.78 is 11.0. The van der Waals surface area contributed by atoms with Gasteiger partial charge in [0.1, 0.15) is 18.2 Å². The molecule has 0 aliphatic rings. The van der Waals surface area contributed by atoms with Crippen LogP contribution in [0.2, 0.25) is 5.02 Å². The van der Waals surface area contributed by atoms with Crippen LogP contribution < -0.4 is 10.1 Å². The third-order valence-electron chi connectivity index (χ3n) is 3.95. The van der Waals surface area contributed by atoms with Crippen LogP contribution in [0.25, 0.3) is 0 Å². The normalized spacial score (nSPS) is 11.4. The number of carbonyl (C=O) groups is 2. The number of anilines is 1. The number of ether oxygens (including phenoxy) is 2. The molecule has 0 aliphatic heterocycles. The van der Waals surface area contributed by atoms with Gasteiger partial charge in [0, 0.05) is 6.20 Å². The first-order valence-corrected chi connectivity index (χ1v) is 9.29. The Balaban J connectivity index is 1.56. The lowest BCUT2D eigenvalue weighted by atomic mass is 10.2. The lowest BCUT2D eigenvalue weighted by molar-refractivity contribution is -0.123. The van der Waals surface area contributed by atoms with Crippen molar-refractivity contribution in [3.63, 3.8) is 0 Å². The van der Waals surface area contributed by atoms with Gasteiger partial charge in [-0.15, -0.1) is 0 Å². The largest absolute Gasteiger partial charge is 0.489 e. The first-order valence-electron chi connectivity index (χ1n) is 8.91. The highest BCUT2D eigenvalue weighted by Crippen LogP contribution is 2.17. The molecule has 0 unspecified atom stereocenters. The van der Waals surface area contributed by atoms with Gasteiger partial charge >= 0.3 is 5.97 Å². The number of aromatic nitrogens is 1. The molecule has 0 aliphatic carbocycles. The van der Waals surface area contributed by atoms with Crippen molar-refractivity contribution in [2.75, 3.05) is 5.32 Å². The molecule has 0 radical (unpaired) electrons. The van der Waals surface area contributed by atoms with Crippen molar-refractivity contribution in [3.8, 4) is 5.75 Å². The molecule has 1 aromatic heterocycles. The average Bonchev–Trinajstić information content (AvgIpc) is 2.74. The summed E-state index contributed by atoms with van der Waals surface area (Å²) in [6.45, 7) is 1.87. The zero-order valence-electron chi connectivity index (χ0n) is 15.7. The Kier molecular flexibility index (Phi) is 6.81. The van der Waals surface area contributed by atoms with Crippen LogP contribution in [-0.4, -0.2) is 23.0 Å². The van der Waals surface area contributed by atoms with Crippen molar-refractivity contribution < 1.29 is 19.1 Å². The molecular weight excluding hydrogens is 392 g/mol. The number of hydrogen-bond acceptors (Lipinski definition) is 5. The molecule has 3 aromatic rings. The molecule has 2 aromatic carbocycles. The highest BCUT2D eigenvalue weighted by atomic mass is 35.5. The first kappa shape index (κ1) is 20.4. The Morgan fingerprint density at radius 1 is 1.07 bits per heavy atom. The highest BCUT2D eigenvalue weighted by Gasteiger charge is 2.19. The van der Waals surface area contributed by atoms with E-state index in [4.69, 9.17) is 21.1 Å². The Labute approximate surface area is 173 Å². The third kappa shape index (κ3) is 6.05. The van der Waals surface area contributed by atoms with E-state index >= 15 is 0 Å². The Morgan fingerprint density at radius 3 is 2.59 bits per heavy atom. The summed E-state index contributed by atoms with van der Waals surface area (Å²) in [5.41, 5.74) is 1.31. The Bertz CT molecular complexity index is 978. The van der Waals surface area contributed by atoms with Gasteiger partial charge in [-0.1, -0.05) is 48.0 Å². The van der Waals surface area contributed by atoms with Gasteiger partial charge in [0.05, 0.1) is 10.6 Å². The number of amides is 1. The van der Waals surface area contributed by atoms with E-state index in [1.807, 2.05) is 30.3 Å². The second kappa shape index (κ2) is 9.71. The van der Waals surface area contributed by atoms with Crippen LogP contribution in [0.4, 0.5) is 5.82 Å². The summed E-state index contributed by atoms with van der Waals surface area (Å²) in [7, 11) is 0. The van der Waals surface area contributed by atoms with E-state index in [1.165, 1.54) is 13.1 Å². The zero-order valence-corrected chi connectivity index (χ0v) is 16.4. The minimum atomic E-state index is -1.01. The lowest BCUT2D eigenvalue weighted by Crippen LogP contribution is -2.30. The number of nitrogens with zero attached hydrogens (tertiary/aromatic N) is 1. The van der Waals surface area contributed by atoms with Crippen LogP contribution in [0, 0.1) is 0 Å². The van der Waals surface area contributed by atoms with E-state index in [1.54, 1.807) is 36.4 Å². The maximum atomic E-state index is 12.4. The molecule has 1 atom stereocenters. The third-order valence-corrected chi connectivity index (χ3v) is 4.17. The van der Waals surface area contributed by atoms with Crippen molar-refractivity contribution >= 4 is 29.3 Å². The van der Waals surface area contributed by atoms with Crippen LogP contribution >= 0.6 is 11.6 Å². The van der Waals surface area contributed by atoms with E-state index in [0.29, 0.717) is 28.8 Å². The summed E-state index contributed by atoms with van der Waals surface area (Å²) in [5.74, 6) is -0.268. The second-order valence-electron chi connectivity index (χ2n) is 6.20.